The summed E-state index contributed by atoms with van der Waals surface area (Å²) in [6, 6.07) is 1.43. The first-order valence-corrected chi connectivity index (χ1v) is 3.85. The zero-order valence-corrected chi connectivity index (χ0v) is 7.98. The number of anilines is 1. The zero-order chi connectivity index (χ0) is 10.0. The topological polar surface area (TPSA) is 44.5 Å². The van der Waals surface area contributed by atoms with Crippen LogP contribution in [0.2, 0.25) is 5.02 Å². The minimum atomic E-state index is -0.724. The van der Waals surface area contributed by atoms with Crippen LogP contribution < -0.4 is 15.2 Å². The van der Waals surface area contributed by atoms with Crippen molar-refractivity contribution in [3.8, 4) is 11.5 Å². The van der Waals surface area contributed by atoms with Crippen LogP contribution in [0.3, 0.4) is 0 Å². The Bertz CT molecular complexity index is 302. The highest BCUT2D eigenvalue weighted by atomic mass is 35.5. The second-order valence-corrected chi connectivity index (χ2v) is 2.70. The highest BCUT2D eigenvalue weighted by molar-refractivity contribution is 6.32. The monoisotopic (exact) mass is 205 g/mol. The first-order chi connectivity index (χ1) is 6.11. The Kier molecular flexibility index (Phi) is 2.83. The summed E-state index contributed by atoms with van der Waals surface area (Å²) < 4.78 is 22.8. The highest BCUT2D eigenvalue weighted by Crippen LogP contribution is 2.37. The number of rotatable bonds is 2. The van der Waals surface area contributed by atoms with E-state index in [1.165, 1.54) is 20.3 Å². The molecule has 0 bridgehead atoms. The molecular formula is C8H9ClFNO2. The van der Waals surface area contributed by atoms with Crippen LogP contribution in [0.1, 0.15) is 0 Å². The third kappa shape index (κ3) is 1.62. The van der Waals surface area contributed by atoms with Gasteiger partial charge in [0.1, 0.15) is 22.2 Å². The number of hydrogen-bond donors (Lipinski definition) is 1. The van der Waals surface area contributed by atoms with Crippen molar-refractivity contribution in [2.75, 3.05) is 20.0 Å². The molecule has 1 aromatic rings. The van der Waals surface area contributed by atoms with Gasteiger partial charge in [0.25, 0.3) is 0 Å². The lowest BCUT2D eigenvalue weighted by molar-refractivity contribution is 0.391. The van der Waals surface area contributed by atoms with E-state index in [0.717, 1.165) is 0 Å². The fraction of sp³-hybridized carbons (Fsp3) is 0.250. The third-order valence-electron chi connectivity index (χ3n) is 1.61. The molecule has 72 valence electrons. The van der Waals surface area contributed by atoms with Crippen LogP contribution in [0.5, 0.6) is 11.5 Å². The normalized spacial score (nSPS) is 9.85. The third-order valence-corrected chi connectivity index (χ3v) is 1.97. The van der Waals surface area contributed by atoms with Gasteiger partial charge in [-0.1, -0.05) is 11.6 Å². The van der Waals surface area contributed by atoms with Crippen molar-refractivity contribution in [2.24, 2.45) is 0 Å². The van der Waals surface area contributed by atoms with E-state index in [-0.39, 0.29) is 22.2 Å². The van der Waals surface area contributed by atoms with Gasteiger partial charge in [-0.15, -0.1) is 0 Å². The fourth-order valence-corrected chi connectivity index (χ4v) is 1.15. The van der Waals surface area contributed by atoms with Gasteiger partial charge >= 0.3 is 0 Å². The van der Waals surface area contributed by atoms with Crippen LogP contribution in [0.25, 0.3) is 0 Å². The molecule has 1 rings (SSSR count). The molecule has 0 saturated carbocycles. The number of benzene rings is 1. The maximum atomic E-state index is 13.2. The van der Waals surface area contributed by atoms with Crippen molar-refractivity contribution >= 4 is 17.3 Å². The average Bonchev–Trinajstić information content (AvgIpc) is 2.15. The molecular weight excluding hydrogens is 197 g/mol. The summed E-state index contributed by atoms with van der Waals surface area (Å²) in [7, 11) is 2.77. The second-order valence-electron chi connectivity index (χ2n) is 2.32. The molecule has 0 aromatic heterocycles. The van der Waals surface area contributed by atoms with E-state index in [4.69, 9.17) is 26.8 Å². The Morgan fingerprint density at radius 2 is 1.85 bits per heavy atom. The van der Waals surface area contributed by atoms with Gasteiger partial charge in [-0.25, -0.2) is 4.39 Å². The summed E-state index contributed by atoms with van der Waals surface area (Å²) in [6.07, 6.45) is 0. The Morgan fingerprint density at radius 3 is 2.31 bits per heavy atom. The van der Waals surface area contributed by atoms with Crippen LogP contribution in [0, 0.1) is 5.82 Å². The molecule has 0 aliphatic rings. The molecule has 0 aliphatic heterocycles. The number of ether oxygens (including phenoxy) is 2. The summed E-state index contributed by atoms with van der Waals surface area (Å²) in [5, 5.41) is -0.138. The lowest BCUT2D eigenvalue weighted by Crippen LogP contribution is -1.98. The molecule has 0 unspecified atom stereocenters. The number of nitrogens with two attached hydrogens (primary N) is 1. The molecule has 3 nitrogen and oxygen atoms in total. The fourth-order valence-electron chi connectivity index (χ4n) is 0.912. The van der Waals surface area contributed by atoms with Crippen molar-refractivity contribution < 1.29 is 13.9 Å². The summed E-state index contributed by atoms with van der Waals surface area (Å²) >= 11 is 5.59. The van der Waals surface area contributed by atoms with Gasteiger partial charge in [0, 0.05) is 6.07 Å². The zero-order valence-electron chi connectivity index (χ0n) is 7.23. The van der Waals surface area contributed by atoms with Crippen molar-refractivity contribution in [1.29, 1.82) is 0 Å². The maximum absolute atomic E-state index is 13.2. The Morgan fingerprint density at radius 1 is 1.31 bits per heavy atom. The number of halogens is 2. The predicted molar refractivity (Wildman–Crippen MR) is 48.9 cm³/mol. The van der Waals surface area contributed by atoms with Crippen LogP contribution >= 0.6 is 11.6 Å². The molecule has 0 fully saturated rings. The van der Waals surface area contributed by atoms with Gasteiger partial charge in [-0.2, -0.15) is 0 Å². The van der Waals surface area contributed by atoms with Gasteiger partial charge in [0.05, 0.1) is 14.2 Å². The molecule has 0 aliphatic carbocycles. The van der Waals surface area contributed by atoms with Crippen molar-refractivity contribution in [3.63, 3.8) is 0 Å². The molecule has 5 heteroatoms. The van der Waals surface area contributed by atoms with Gasteiger partial charge in [0.2, 0.25) is 0 Å². The van der Waals surface area contributed by atoms with E-state index >= 15 is 0 Å². The summed E-state index contributed by atoms with van der Waals surface area (Å²) in [5.74, 6) is -0.318. The van der Waals surface area contributed by atoms with Crippen LogP contribution in [0.4, 0.5) is 10.1 Å². The second kappa shape index (κ2) is 3.70. The van der Waals surface area contributed by atoms with Crippen molar-refractivity contribution in [3.05, 3.63) is 16.9 Å². The average molecular weight is 206 g/mol. The summed E-state index contributed by atoms with van der Waals surface area (Å²) in [4.78, 5) is 0. The number of methoxy groups -OCH3 is 2. The Labute approximate surface area is 80.2 Å². The molecule has 0 saturated heterocycles. The highest BCUT2D eigenvalue weighted by Gasteiger charge is 2.15. The molecule has 0 amide bonds. The maximum Gasteiger partial charge on any atom is 0.172 e. The van der Waals surface area contributed by atoms with E-state index < -0.39 is 5.82 Å². The molecule has 0 radical (unpaired) electrons. The van der Waals surface area contributed by atoms with Crippen molar-refractivity contribution in [1.82, 2.24) is 0 Å². The van der Waals surface area contributed by atoms with Gasteiger partial charge in [-0.05, 0) is 0 Å². The SMILES string of the molecule is COc1cc(OC)c(Cl)c(F)c1N. The van der Waals surface area contributed by atoms with E-state index in [9.17, 15) is 4.39 Å². The predicted octanol–water partition coefficient (Wildman–Crippen LogP) is 2.08. The van der Waals surface area contributed by atoms with Crippen LogP contribution in [-0.4, -0.2) is 14.2 Å². The van der Waals surface area contributed by atoms with Crippen LogP contribution in [0.15, 0.2) is 6.07 Å². The lowest BCUT2D eigenvalue weighted by Gasteiger charge is -2.09. The minimum absolute atomic E-state index is 0.117. The van der Waals surface area contributed by atoms with Gasteiger partial charge < -0.3 is 15.2 Å². The van der Waals surface area contributed by atoms with Gasteiger partial charge in [0.15, 0.2) is 5.82 Å². The first-order valence-electron chi connectivity index (χ1n) is 3.47. The molecule has 13 heavy (non-hydrogen) atoms. The quantitative estimate of drug-likeness (QED) is 0.752. The Balaban J connectivity index is 3.36. The van der Waals surface area contributed by atoms with Crippen LogP contribution in [-0.2, 0) is 0 Å². The first kappa shape index (κ1) is 9.92. The molecule has 0 spiro atoms. The number of hydrogen-bond acceptors (Lipinski definition) is 3. The van der Waals surface area contributed by atoms with Crippen molar-refractivity contribution in [2.45, 2.75) is 0 Å². The van der Waals surface area contributed by atoms with E-state index in [0.29, 0.717) is 0 Å². The van der Waals surface area contributed by atoms with Gasteiger partial charge in [-0.3, -0.25) is 0 Å². The van der Waals surface area contributed by atoms with E-state index in [1.807, 2.05) is 0 Å². The molecule has 1 aromatic carbocycles. The molecule has 0 heterocycles. The smallest absolute Gasteiger partial charge is 0.172 e. The minimum Gasteiger partial charge on any atom is -0.495 e. The number of nitrogen functional groups attached to an aromatic ring is 1. The Hall–Kier alpha value is -1.16. The summed E-state index contributed by atoms with van der Waals surface area (Å²) in [5.41, 5.74) is 5.26. The summed E-state index contributed by atoms with van der Waals surface area (Å²) in [6.45, 7) is 0. The molecule has 0 atom stereocenters. The van der Waals surface area contributed by atoms with E-state index in [2.05, 4.69) is 0 Å². The lowest BCUT2D eigenvalue weighted by atomic mass is 10.2. The largest absolute Gasteiger partial charge is 0.495 e. The molecule has 2 N–H and O–H groups in total. The van der Waals surface area contributed by atoms with E-state index in [1.54, 1.807) is 0 Å². The standard InChI is InChI=1S/C8H9ClFNO2/c1-12-4-3-5(13-2)8(11)7(10)6(4)9/h3H,11H2,1-2H3.